The molecule has 0 aliphatic heterocycles. The Bertz CT molecular complexity index is 352. The maximum atomic E-state index is 5.72. The second kappa shape index (κ2) is 6.12. The largest absolute Gasteiger partial charge is 0.496 e. The van der Waals surface area contributed by atoms with Crippen LogP contribution in [0.3, 0.4) is 0 Å². The first kappa shape index (κ1) is 13.3. The zero-order chi connectivity index (χ0) is 12.1. The number of benzene rings is 1. The van der Waals surface area contributed by atoms with E-state index >= 15 is 0 Å². The van der Waals surface area contributed by atoms with E-state index in [0.717, 1.165) is 18.8 Å². The number of hydrogen-bond donors (Lipinski definition) is 0. The van der Waals surface area contributed by atoms with Gasteiger partial charge in [0.05, 0.1) is 7.11 Å². The van der Waals surface area contributed by atoms with E-state index in [1.807, 2.05) is 0 Å². The van der Waals surface area contributed by atoms with Gasteiger partial charge in [0.15, 0.2) is 0 Å². The molecule has 0 fully saturated rings. The van der Waals surface area contributed by atoms with Crippen molar-refractivity contribution >= 4 is 11.6 Å². The summed E-state index contributed by atoms with van der Waals surface area (Å²) in [7, 11) is 3.79. The van der Waals surface area contributed by atoms with Gasteiger partial charge in [-0.25, -0.2) is 0 Å². The lowest BCUT2D eigenvalue weighted by molar-refractivity contribution is 0.346. The predicted octanol–water partition coefficient (Wildman–Crippen LogP) is 2.98. The van der Waals surface area contributed by atoms with Gasteiger partial charge in [0.2, 0.25) is 0 Å². The van der Waals surface area contributed by atoms with E-state index in [1.54, 1.807) is 7.11 Å². The molecule has 0 amide bonds. The van der Waals surface area contributed by atoms with Gasteiger partial charge in [0.25, 0.3) is 0 Å². The topological polar surface area (TPSA) is 12.5 Å². The molecule has 0 aliphatic rings. The molecule has 1 rings (SSSR count). The first-order valence-electron chi connectivity index (χ1n) is 5.47. The van der Waals surface area contributed by atoms with E-state index < -0.39 is 0 Å². The molecule has 0 aliphatic carbocycles. The van der Waals surface area contributed by atoms with E-state index in [4.69, 9.17) is 16.3 Å². The fraction of sp³-hybridized carbons (Fsp3) is 0.538. The van der Waals surface area contributed by atoms with Crippen LogP contribution >= 0.6 is 11.6 Å². The van der Waals surface area contributed by atoms with Crippen LogP contribution in [0.4, 0.5) is 0 Å². The molecular formula is C13H20ClNO. The third-order valence-corrected chi connectivity index (χ3v) is 2.93. The number of hydrogen-bond acceptors (Lipinski definition) is 2. The Kier molecular flexibility index (Phi) is 5.10. The molecule has 0 saturated carbocycles. The second-order valence-corrected chi connectivity index (χ2v) is 4.55. The fourth-order valence-corrected chi connectivity index (χ4v) is 2.04. The van der Waals surface area contributed by atoms with Crippen LogP contribution < -0.4 is 4.74 Å². The van der Waals surface area contributed by atoms with Gasteiger partial charge in [-0.3, -0.25) is 0 Å². The number of methoxy groups -OCH3 is 1. The van der Waals surface area contributed by atoms with Gasteiger partial charge < -0.3 is 9.64 Å². The quantitative estimate of drug-likeness (QED) is 0.735. The van der Waals surface area contributed by atoms with Crippen molar-refractivity contribution in [2.45, 2.75) is 20.4 Å². The summed E-state index contributed by atoms with van der Waals surface area (Å²) in [4.78, 5) is 2.22. The zero-order valence-electron chi connectivity index (χ0n) is 10.5. The lowest BCUT2D eigenvalue weighted by Gasteiger charge is -2.18. The minimum atomic E-state index is 0.671. The SMILES string of the molecule is COc1cc(C)c(CN(C)CCCl)cc1C. The summed E-state index contributed by atoms with van der Waals surface area (Å²) in [5.74, 6) is 1.63. The van der Waals surface area contributed by atoms with Crippen molar-refractivity contribution in [1.82, 2.24) is 4.90 Å². The van der Waals surface area contributed by atoms with Crippen LogP contribution in [0.1, 0.15) is 16.7 Å². The van der Waals surface area contributed by atoms with Gasteiger partial charge in [-0.2, -0.15) is 0 Å². The number of halogens is 1. The number of ether oxygens (including phenoxy) is 1. The minimum absolute atomic E-state index is 0.671. The van der Waals surface area contributed by atoms with Gasteiger partial charge in [-0.15, -0.1) is 11.6 Å². The Balaban J connectivity index is 2.85. The molecule has 0 bridgehead atoms. The number of rotatable bonds is 5. The average Bonchev–Trinajstić information content (AvgIpc) is 2.23. The summed E-state index contributed by atoms with van der Waals surface area (Å²) in [6.45, 7) is 6.03. The Hall–Kier alpha value is -0.730. The summed E-state index contributed by atoms with van der Waals surface area (Å²) in [6, 6.07) is 4.29. The molecule has 3 heteroatoms. The van der Waals surface area contributed by atoms with Crippen LogP contribution in [-0.4, -0.2) is 31.5 Å². The highest BCUT2D eigenvalue weighted by Crippen LogP contribution is 2.23. The summed E-state index contributed by atoms with van der Waals surface area (Å²) >= 11 is 5.72. The Morgan fingerprint density at radius 1 is 1.25 bits per heavy atom. The van der Waals surface area contributed by atoms with Crippen molar-refractivity contribution in [3.05, 3.63) is 28.8 Å². The highest BCUT2D eigenvalue weighted by Gasteiger charge is 2.06. The molecule has 1 aromatic rings. The summed E-state index contributed by atoms with van der Waals surface area (Å²) in [5.41, 5.74) is 3.79. The van der Waals surface area contributed by atoms with Crippen LogP contribution in [0.5, 0.6) is 5.75 Å². The van der Waals surface area contributed by atoms with Gasteiger partial charge >= 0.3 is 0 Å². The molecule has 0 radical (unpaired) electrons. The molecule has 0 spiro atoms. The number of alkyl halides is 1. The molecule has 1 aromatic carbocycles. The van der Waals surface area contributed by atoms with E-state index in [2.05, 4.69) is 37.9 Å². The zero-order valence-corrected chi connectivity index (χ0v) is 11.3. The lowest BCUT2D eigenvalue weighted by Crippen LogP contribution is -2.20. The van der Waals surface area contributed by atoms with Crippen molar-refractivity contribution in [3.63, 3.8) is 0 Å². The monoisotopic (exact) mass is 241 g/mol. The Labute approximate surface area is 103 Å². The standard InChI is InChI=1S/C13H20ClNO/c1-10-8-13(16-4)11(2)7-12(10)9-15(3)6-5-14/h7-8H,5-6,9H2,1-4H3. The summed E-state index contributed by atoms with van der Waals surface area (Å²) in [5, 5.41) is 0. The second-order valence-electron chi connectivity index (χ2n) is 4.18. The van der Waals surface area contributed by atoms with Gasteiger partial charge in [-0.1, -0.05) is 6.07 Å². The van der Waals surface area contributed by atoms with E-state index in [9.17, 15) is 0 Å². The third-order valence-electron chi connectivity index (χ3n) is 2.76. The third kappa shape index (κ3) is 3.39. The number of aryl methyl sites for hydroxylation is 2. The van der Waals surface area contributed by atoms with Crippen molar-refractivity contribution in [3.8, 4) is 5.75 Å². The first-order chi connectivity index (χ1) is 7.58. The molecule has 90 valence electrons. The highest BCUT2D eigenvalue weighted by atomic mass is 35.5. The van der Waals surface area contributed by atoms with Crippen molar-refractivity contribution in [1.29, 1.82) is 0 Å². The molecule has 0 heterocycles. The number of nitrogens with zero attached hydrogens (tertiary/aromatic N) is 1. The van der Waals surface area contributed by atoms with Crippen molar-refractivity contribution in [2.75, 3.05) is 26.6 Å². The maximum absolute atomic E-state index is 5.72. The van der Waals surface area contributed by atoms with Crippen LogP contribution in [0.25, 0.3) is 0 Å². The van der Waals surface area contributed by atoms with Crippen LogP contribution in [0.2, 0.25) is 0 Å². The lowest BCUT2D eigenvalue weighted by atomic mass is 10.0. The van der Waals surface area contributed by atoms with Crippen LogP contribution in [0.15, 0.2) is 12.1 Å². The molecule has 0 saturated heterocycles. The minimum Gasteiger partial charge on any atom is -0.496 e. The van der Waals surface area contributed by atoms with Gasteiger partial charge in [0.1, 0.15) is 5.75 Å². The average molecular weight is 242 g/mol. The summed E-state index contributed by atoms with van der Waals surface area (Å²) < 4.78 is 5.30. The Morgan fingerprint density at radius 2 is 1.94 bits per heavy atom. The smallest absolute Gasteiger partial charge is 0.122 e. The molecule has 2 nitrogen and oxygen atoms in total. The first-order valence-corrected chi connectivity index (χ1v) is 6.00. The van der Waals surface area contributed by atoms with Crippen molar-refractivity contribution in [2.24, 2.45) is 0 Å². The molecular weight excluding hydrogens is 222 g/mol. The highest BCUT2D eigenvalue weighted by molar-refractivity contribution is 6.18. The summed E-state index contributed by atoms with van der Waals surface area (Å²) in [6.07, 6.45) is 0. The molecule has 16 heavy (non-hydrogen) atoms. The fourth-order valence-electron chi connectivity index (χ4n) is 1.75. The maximum Gasteiger partial charge on any atom is 0.122 e. The predicted molar refractivity (Wildman–Crippen MR) is 69.5 cm³/mol. The van der Waals surface area contributed by atoms with E-state index in [0.29, 0.717) is 5.88 Å². The molecule has 0 atom stereocenters. The van der Waals surface area contributed by atoms with Gasteiger partial charge in [0, 0.05) is 19.0 Å². The molecule has 0 N–H and O–H groups in total. The normalized spacial score (nSPS) is 10.9. The van der Waals surface area contributed by atoms with Crippen LogP contribution in [-0.2, 0) is 6.54 Å². The molecule has 0 unspecified atom stereocenters. The van der Waals surface area contributed by atoms with Crippen LogP contribution in [0, 0.1) is 13.8 Å². The van der Waals surface area contributed by atoms with E-state index in [-0.39, 0.29) is 0 Å². The molecule has 0 aromatic heterocycles. The van der Waals surface area contributed by atoms with Crippen molar-refractivity contribution < 1.29 is 4.74 Å². The van der Waals surface area contributed by atoms with Gasteiger partial charge in [-0.05, 0) is 43.7 Å². The Morgan fingerprint density at radius 3 is 2.50 bits per heavy atom. The van der Waals surface area contributed by atoms with E-state index in [1.165, 1.54) is 16.7 Å².